The van der Waals surface area contributed by atoms with Crippen LogP contribution in [0.4, 0.5) is 0 Å². The first-order chi connectivity index (χ1) is 14.7. The van der Waals surface area contributed by atoms with Gasteiger partial charge in [-0.1, -0.05) is 48.5 Å². The van der Waals surface area contributed by atoms with Gasteiger partial charge < -0.3 is 14.0 Å². The summed E-state index contributed by atoms with van der Waals surface area (Å²) in [4.78, 5) is 7.29. The summed E-state index contributed by atoms with van der Waals surface area (Å²) in [5.41, 5.74) is 4.43. The molecule has 1 aromatic heterocycles. The Morgan fingerprint density at radius 3 is 2.63 bits per heavy atom. The summed E-state index contributed by atoms with van der Waals surface area (Å²) in [6.45, 7) is 2.30. The molecular weight excluding hydrogens is 374 g/mol. The van der Waals surface area contributed by atoms with Crippen LogP contribution >= 0.6 is 0 Å². The van der Waals surface area contributed by atoms with Gasteiger partial charge in [-0.2, -0.15) is 0 Å². The summed E-state index contributed by atoms with van der Waals surface area (Å²) >= 11 is 0. The summed E-state index contributed by atoms with van der Waals surface area (Å²) in [6, 6.07) is 24.7. The maximum Gasteiger partial charge on any atom is 0.140 e. The average Bonchev–Trinajstić information content (AvgIpc) is 2.98. The second-order valence-corrected chi connectivity index (χ2v) is 7.70. The molecule has 4 aromatic rings. The predicted molar refractivity (Wildman–Crippen MR) is 118 cm³/mol. The van der Waals surface area contributed by atoms with Crippen LogP contribution in [-0.2, 0) is 20.1 Å². The molecule has 1 aliphatic rings. The van der Waals surface area contributed by atoms with Crippen molar-refractivity contribution in [3.63, 3.8) is 0 Å². The Morgan fingerprint density at radius 1 is 1.00 bits per heavy atom. The Labute approximate surface area is 176 Å². The van der Waals surface area contributed by atoms with Gasteiger partial charge in [-0.05, 0) is 24.3 Å². The highest BCUT2D eigenvalue weighted by Gasteiger charge is 2.27. The fourth-order valence-corrected chi connectivity index (χ4v) is 4.23. The smallest absolute Gasteiger partial charge is 0.140 e. The maximum atomic E-state index is 6.49. The number of methoxy groups -OCH3 is 1. The molecule has 0 radical (unpaired) electrons. The zero-order valence-electron chi connectivity index (χ0n) is 17.3. The first-order valence-electron chi connectivity index (χ1n) is 10.2. The van der Waals surface area contributed by atoms with Gasteiger partial charge in [-0.3, -0.25) is 4.90 Å². The predicted octanol–water partition coefficient (Wildman–Crippen LogP) is 4.72. The van der Waals surface area contributed by atoms with Gasteiger partial charge in [-0.15, -0.1) is 0 Å². The quantitative estimate of drug-likeness (QED) is 0.498. The molecule has 152 valence electrons. The zero-order valence-corrected chi connectivity index (χ0v) is 17.3. The molecular formula is C25H25N3O2. The maximum absolute atomic E-state index is 6.49. The van der Waals surface area contributed by atoms with E-state index in [9.17, 15) is 0 Å². The highest BCUT2D eigenvalue weighted by Crippen LogP contribution is 2.35. The van der Waals surface area contributed by atoms with Gasteiger partial charge in [0.25, 0.3) is 0 Å². The third-order valence-corrected chi connectivity index (χ3v) is 5.79. The number of hydrogen-bond acceptors (Lipinski definition) is 4. The van der Waals surface area contributed by atoms with E-state index in [0.29, 0.717) is 0 Å². The molecule has 30 heavy (non-hydrogen) atoms. The second-order valence-electron chi connectivity index (χ2n) is 7.70. The highest BCUT2D eigenvalue weighted by molar-refractivity contribution is 5.75. The molecule has 0 amide bonds. The van der Waals surface area contributed by atoms with E-state index in [0.717, 1.165) is 53.6 Å². The number of benzene rings is 3. The largest absolute Gasteiger partial charge is 0.496 e. The van der Waals surface area contributed by atoms with Gasteiger partial charge in [0, 0.05) is 31.3 Å². The monoisotopic (exact) mass is 399 g/mol. The minimum Gasteiger partial charge on any atom is -0.496 e. The van der Waals surface area contributed by atoms with E-state index in [2.05, 4.69) is 59.0 Å². The van der Waals surface area contributed by atoms with E-state index in [1.807, 2.05) is 30.3 Å². The first-order valence-corrected chi connectivity index (χ1v) is 10.2. The molecule has 0 spiro atoms. The van der Waals surface area contributed by atoms with E-state index in [1.54, 1.807) is 7.11 Å². The lowest BCUT2D eigenvalue weighted by Crippen LogP contribution is -2.29. The van der Waals surface area contributed by atoms with Crippen molar-refractivity contribution in [1.29, 1.82) is 0 Å². The molecule has 0 aliphatic carbocycles. The van der Waals surface area contributed by atoms with Crippen LogP contribution in [0.5, 0.6) is 11.5 Å². The summed E-state index contributed by atoms with van der Waals surface area (Å²) in [5, 5.41) is 0. The molecule has 0 bridgehead atoms. The molecule has 0 saturated carbocycles. The molecule has 2 heterocycles. The second kappa shape index (κ2) is 7.84. The third kappa shape index (κ3) is 3.42. The van der Waals surface area contributed by atoms with Crippen LogP contribution in [-0.4, -0.2) is 28.1 Å². The topological polar surface area (TPSA) is 39.5 Å². The molecule has 5 heteroatoms. The number of aryl methyl sites for hydroxylation is 1. The van der Waals surface area contributed by atoms with Crippen LogP contribution in [0.3, 0.4) is 0 Å². The molecule has 1 atom stereocenters. The molecule has 1 aliphatic heterocycles. The SMILES string of the molecule is COc1ccccc1C1CN(Cc2nc3ccccc3n2C)Cc2ccccc2O1. The van der Waals surface area contributed by atoms with Gasteiger partial charge >= 0.3 is 0 Å². The van der Waals surface area contributed by atoms with E-state index < -0.39 is 0 Å². The number of aromatic nitrogens is 2. The fourth-order valence-electron chi connectivity index (χ4n) is 4.23. The van der Waals surface area contributed by atoms with Crippen molar-refractivity contribution in [3.05, 3.63) is 89.7 Å². The van der Waals surface area contributed by atoms with E-state index in [1.165, 1.54) is 5.56 Å². The number of rotatable bonds is 4. The van der Waals surface area contributed by atoms with Gasteiger partial charge in [0.2, 0.25) is 0 Å². The van der Waals surface area contributed by atoms with Crippen molar-refractivity contribution in [2.75, 3.05) is 13.7 Å². The van der Waals surface area contributed by atoms with Crippen molar-refractivity contribution in [3.8, 4) is 11.5 Å². The van der Waals surface area contributed by atoms with E-state index >= 15 is 0 Å². The van der Waals surface area contributed by atoms with Crippen LogP contribution in [0.15, 0.2) is 72.8 Å². The highest BCUT2D eigenvalue weighted by atomic mass is 16.5. The van der Waals surface area contributed by atoms with Crippen LogP contribution in [0.25, 0.3) is 11.0 Å². The molecule has 5 nitrogen and oxygen atoms in total. The molecule has 3 aromatic carbocycles. The van der Waals surface area contributed by atoms with Gasteiger partial charge in [0.15, 0.2) is 0 Å². The molecule has 1 unspecified atom stereocenters. The van der Waals surface area contributed by atoms with Crippen molar-refractivity contribution in [2.24, 2.45) is 7.05 Å². The van der Waals surface area contributed by atoms with Gasteiger partial charge in [0.1, 0.15) is 23.4 Å². The summed E-state index contributed by atoms with van der Waals surface area (Å²) < 4.78 is 14.3. The molecule has 0 N–H and O–H groups in total. The van der Waals surface area contributed by atoms with Gasteiger partial charge in [-0.25, -0.2) is 4.98 Å². The molecule has 0 saturated heterocycles. The Morgan fingerprint density at radius 2 is 1.77 bits per heavy atom. The fraction of sp³-hybridized carbons (Fsp3) is 0.240. The number of nitrogens with zero attached hydrogens (tertiary/aromatic N) is 3. The van der Waals surface area contributed by atoms with Gasteiger partial charge in [0.05, 0.1) is 24.7 Å². The van der Waals surface area contributed by atoms with Crippen LogP contribution < -0.4 is 9.47 Å². The van der Waals surface area contributed by atoms with Crippen LogP contribution in [0.2, 0.25) is 0 Å². The lowest BCUT2D eigenvalue weighted by molar-refractivity contribution is 0.139. The van der Waals surface area contributed by atoms with Crippen LogP contribution in [0.1, 0.15) is 23.1 Å². The lowest BCUT2D eigenvalue weighted by Gasteiger charge is -2.25. The average molecular weight is 399 g/mol. The van der Waals surface area contributed by atoms with Crippen LogP contribution in [0, 0.1) is 0 Å². The van der Waals surface area contributed by atoms with Crippen molar-refractivity contribution >= 4 is 11.0 Å². The Balaban J connectivity index is 1.51. The minimum absolute atomic E-state index is 0.125. The molecule has 0 fully saturated rings. The first kappa shape index (κ1) is 18.7. The van der Waals surface area contributed by atoms with Crippen molar-refractivity contribution < 1.29 is 9.47 Å². The van der Waals surface area contributed by atoms with Crippen molar-refractivity contribution in [2.45, 2.75) is 19.2 Å². The normalized spacial score (nSPS) is 16.7. The number of fused-ring (bicyclic) bond motifs is 2. The molecule has 5 rings (SSSR count). The Kier molecular flexibility index (Phi) is 4.89. The number of para-hydroxylation sites is 4. The lowest BCUT2D eigenvalue weighted by atomic mass is 10.1. The van der Waals surface area contributed by atoms with E-state index in [-0.39, 0.29) is 6.10 Å². The number of ether oxygens (including phenoxy) is 2. The van der Waals surface area contributed by atoms with E-state index in [4.69, 9.17) is 14.5 Å². The standard InChI is InChI=1S/C25H25N3O2/c1-27-21-12-6-5-11-20(21)26-25(27)17-28-15-18-9-3-7-13-22(18)30-24(16-28)19-10-4-8-14-23(19)29-2/h3-14,24H,15-17H2,1-2H3. The van der Waals surface area contributed by atoms with Crippen molar-refractivity contribution in [1.82, 2.24) is 14.5 Å². The Hall–Kier alpha value is -3.31. The summed E-state index contributed by atoms with van der Waals surface area (Å²) in [7, 11) is 3.80. The summed E-state index contributed by atoms with van der Waals surface area (Å²) in [5.74, 6) is 2.83. The summed E-state index contributed by atoms with van der Waals surface area (Å²) in [6.07, 6.45) is -0.125. The Bertz CT molecular complexity index is 1180. The number of imidazole rings is 1. The zero-order chi connectivity index (χ0) is 20.5. The number of hydrogen-bond donors (Lipinski definition) is 0. The third-order valence-electron chi connectivity index (χ3n) is 5.79. The minimum atomic E-state index is -0.125.